The molecule has 2 unspecified atom stereocenters. The standard InChI is InChI=1S/C10H15N3O/c1-12-8(6-11)4-7-5-10(2-3-10)13-9(7)14/h7-8,12H,2-5H2,1H3,(H,13,14). The van der Waals surface area contributed by atoms with Gasteiger partial charge < -0.3 is 10.6 Å². The van der Waals surface area contributed by atoms with Gasteiger partial charge in [0.1, 0.15) is 0 Å². The summed E-state index contributed by atoms with van der Waals surface area (Å²) in [6.45, 7) is 0. The summed E-state index contributed by atoms with van der Waals surface area (Å²) in [6.07, 6.45) is 3.80. The third kappa shape index (κ3) is 1.60. The summed E-state index contributed by atoms with van der Waals surface area (Å²) < 4.78 is 0. The summed E-state index contributed by atoms with van der Waals surface area (Å²) in [4.78, 5) is 11.5. The highest BCUT2D eigenvalue weighted by atomic mass is 16.2. The van der Waals surface area contributed by atoms with Crippen LogP contribution in [0.15, 0.2) is 0 Å². The van der Waals surface area contributed by atoms with Gasteiger partial charge in [-0.25, -0.2) is 0 Å². The van der Waals surface area contributed by atoms with Gasteiger partial charge in [-0.2, -0.15) is 5.26 Å². The van der Waals surface area contributed by atoms with E-state index in [-0.39, 0.29) is 23.4 Å². The summed E-state index contributed by atoms with van der Waals surface area (Å²) >= 11 is 0. The number of carbonyl (C=O) groups is 1. The van der Waals surface area contributed by atoms with E-state index in [0.29, 0.717) is 6.42 Å². The molecule has 2 aliphatic rings. The predicted molar refractivity (Wildman–Crippen MR) is 51.3 cm³/mol. The zero-order valence-corrected chi connectivity index (χ0v) is 8.34. The fourth-order valence-electron chi connectivity index (χ4n) is 2.17. The quantitative estimate of drug-likeness (QED) is 0.671. The molecule has 1 aliphatic carbocycles. The number of carbonyl (C=O) groups excluding carboxylic acids is 1. The second-order valence-corrected chi connectivity index (χ2v) is 4.38. The van der Waals surface area contributed by atoms with Crippen LogP contribution in [-0.2, 0) is 4.79 Å². The molecule has 0 aromatic heterocycles. The maximum Gasteiger partial charge on any atom is 0.223 e. The average molecular weight is 193 g/mol. The molecule has 1 amide bonds. The van der Waals surface area contributed by atoms with Gasteiger partial charge in [-0.1, -0.05) is 0 Å². The summed E-state index contributed by atoms with van der Waals surface area (Å²) in [5.41, 5.74) is 0.134. The third-order valence-corrected chi connectivity index (χ3v) is 3.27. The van der Waals surface area contributed by atoms with Crippen molar-refractivity contribution in [2.24, 2.45) is 5.92 Å². The van der Waals surface area contributed by atoms with E-state index in [4.69, 9.17) is 5.26 Å². The van der Waals surface area contributed by atoms with Crippen LogP contribution in [0.3, 0.4) is 0 Å². The second kappa shape index (κ2) is 3.25. The molecule has 1 heterocycles. The Labute approximate surface area is 83.7 Å². The summed E-state index contributed by atoms with van der Waals surface area (Å²) in [5, 5.41) is 14.7. The minimum absolute atomic E-state index is 0.0367. The van der Waals surface area contributed by atoms with Crippen LogP contribution >= 0.6 is 0 Å². The number of rotatable bonds is 3. The number of nitriles is 1. The van der Waals surface area contributed by atoms with Gasteiger partial charge >= 0.3 is 0 Å². The van der Waals surface area contributed by atoms with Crippen LogP contribution in [0.25, 0.3) is 0 Å². The first-order valence-corrected chi connectivity index (χ1v) is 5.08. The Balaban J connectivity index is 1.93. The van der Waals surface area contributed by atoms with Crippen molar-refractivity contribution in [3.8, 4) is 6.07 Å². The molecule has 0 bridgehead atoms. The lowest BCUT2D eigenvalue weighted by molar-refractivity contribution is -0.122. The molecule has 2 rings (SSSR count). The third-order valence-electron chi connectivity index (χ3n) is 3.27. The molecule has 14 heavy (non-hydrogen) atoms. The number of hydrogen-bond donors (Lipinski definition) is 2. The van der Waals surface area contributed by atoms with Gasteiger partial charge in [0.2, 0.25) is 5.91 Å². The average Bonchev–Trinajstić information content (AvgIpc) is 2.84. The van der Waals surface area contributed by atoms with Crippen molar-refractivity contribution in [2.75, 3.05) is 7.05 Å². The Morgan fingerprint density at radius 1 is 1.79 bits per heavy atom. The number of amides is 1. The zero-order valence-electron chi connectivity index (χ0n) is 8.34. The molecule has 2 N–H and O–H groups in total. The van der Waals surface area contributed by atoms with Crippen molar-refractivity contribution in [2.45, 2.75) is 37.3 Å². The lowest BCUT2D eigenvalue weighted by Gasteiger charge is -2.11. The zero-order chi connectivity index (χ0) is 10.2. The van der Waals surface area contributed by atoms with E-state index in [2.05, 4.69) is 16.7 Å². The SMILES string of the molecule is CNC(C#N)CC1CC2(CC2)NC1=O. The van der Waals surface area contributed by atoms with E-state index >= 15 is 0 Å². The van der Waals surface area contributed by atoms with Crippen LogP contribution in [0.2, 0.25) is 0 Å². The van der Waals surface area contributed by atoms with Crippen LogP contribution < -0.4 is 10.6 Å². The molecule has 2 fully saturated rings. The van der Waals surface area contributed by atoms with Crippen LogP contribution in [0, 0.1) is 17.2 Å². The highest BCUT2D eigenvalue weighted by Gasteiger charge is 2.52. The molecule has 76 valence electrons. The highest BCUT2D eigenvalue weighted by molar-refractivity contribution is 5.83. The minimum Gasteiger partial charge on any atom is -0.350 e. The number of hydrogen-bond acceptors (Lipinski definition) is 3. The number of nitrogens with zero attached hydrogens (tertiary/aromatic N) is 1. The van der Waals surface area contributed by atoms with Crippen molar-refractivity contribution in [1.29, 1.82) is 5.26 Å². The van der Waals surface area contributed by atoms with Gasteiger partial charge in [0.15, 0.2) is 0 Å². The first-order chi connectivity index (χ1) is 6.69. The molecular formula is C10H15N3O. The second-order valence-electron chi connectivity index (χ2n) is 4.38. The molecule has 4 nitrogen and oxygen atoms in total. The molecule has 2 atom stereocenters. The number of nitrogens with one attached hydrogen (secondary N) is 2. The Bertz CT molecular complexity index is 290. The van der Waals surface area contributed by atoms with Gasteiger partial charge in [-0.3, -0.25) is 4.79 Å². The highest BCUT2D eigenvalue weighted by Crippen LogP contribution is 2.46. The molecule has 0 aromatic carbocycles. The van der Waals surface area contributed by atoms with Crippen molar-refractivity contribution in [3.05, 3.63) is 0 Å². The maximum atomic E-state index is 11.5. The lowest BCUT2D eigenvalue weighted by atomic mass is 9.96. The van der Waals surface area contributed by atoms with Crippen LogP contribution in [0.4, 0.5) is 0 Å². The van der Waals surface area contributed by atoms with E-state index < -0.39 is 0 Å². The Hall–Kier alpha value is -1.08. The van der Waals surface area contributed by atoms with Gasteiger partial charge in [0.25, 0.3) is 0 Å². The maximum absolute atomic E-state index is 11.5. The summed E-state index contributed by atoms with van der Waals surface area (Å²) in [6, 6.07) is 1.96. The van der Waals surface area contributed by atoms with E-state index in [1.165, 1.54) is 0 Å². The minimum atomic E-state index is -0.195. The van der Waals surface area contributed by atoms with Crippen molar-refractivity contribution in [1.82, 2.24) is 10.6 Å². The van der Waals surface area contributed by atoms with E-state index in [1.807, 2.05) is 0 Å². The summed E-state index contributed by atoms with van der Waals surface area (Å²) in [7, 11) is 1.76. The molecule has 1 spiro atoms. The molecular weight excluding hydrogens is 178 g/mol. The van der Waals surface area contributed by atoms with Crippen LogP contribution in [0.5, 0.6) is 0 Å². The molecule has 1 saturated heterocycles. The fraction of sp³-hybridized carbons (Fsp3) is 0.800. The lowest BCUT2D eigenvalue weighted by Crippen LogP contribution is -2.30. The normalized spacial score (nSPS) is 29.7. The van der Waals surface area contributed by atoms with Crippen molar-refractivity contribution in [3.63, 3.8) is 0 Å². The van der Waals surface area contributed by atoms with Gasteiger partial charge in [-0.15, -0.1) is 0 Å². The Kier molecular flexibility index (Phi) is 2.20. The van der Waals surface area contributed by atoms with Crippen LogP contribution in [-0.4, -0.2) is 24.5 Å². The topological polar surface area (TPSA) is 64.9 Å². The first kappa shape index (κ1) is 9.47. The molecule has 4 heteroatoms. The Morgan fingerprint density at radius 3 is 2.93 bits per heavy atom. The van der Waals surface area contributed by atoms with Crippen molar-refractivity contribution >= 4 is 5.91 Å². The smallest absolute Gasteiger partial charge is 0.223 e. The monoisotopic (exact) mass is 193 g/mol. The Morgan fingerprint density at radius 2 is 2.50 bits per heavy atom. The molecule has 0 radical (unpaired) electrons. The van der Waals surface area contributed by atoms with Crippen LogP contribution in [0.1, 0.15) is 25.7 Å². The fourth-order valence-corrected chi connectivity index (χ4v) is 2.17. The largest absolute Gasteiger partial charge is 0.350 e. The molecule has 0 aromatic rings. The summed E-state index contributed by atoms with van der Waals surface area (Å²) in [5.74, 6) is 0.174. The van der Waals surface area contributed by atoms with E-state index in [0.717, 1.165) is 19.3 Å². The van der Waals surface area contributed by atoms with Gasteiger partial charge in [0.05, 0.1) is 12.1 Å². The van der Waals surface area contributed by atoms with Gasteiger partial charge in [-0.05, 0) is 32.7 Å². The van der Waals surface area contributed by atoms with Gasteiger partial charge in [0, 0.05) is 11.5 Å². The molecule has 1 aliphatic heterocycles. The predicted octanol–water partition coefficient (Wildman–Crippen LogP) is 0.157. The van der Waals surface area contributed by atoms with Crippen molar-refractivity contribution < 1.29 is 4.79 Å². The first-order valence-electron chi connectivity index (χ1n) is 5.08. The molecule has 1 saturated carbocycles. The van der Waals surface area contributed by atoms with E-state index in [1.54, 1.807) is 7.05 Å². The van der Waals surface area contributed by atoms with E-state index in [9.17, 15) is 4.79 Å².